The van der Waals surface area contributed by atoms with Crippen LogP contribution in [0.4, 0.5) is 13.2 Å². The van der Waals surface area contributed by atoms with Crippen LogP contribution in [-0.4, -0.2) is 73.0 Å². The summed E-state index contributed by atoms with van der Waals surface area (Å²) in [7, 11) is 1.51. The predicted octanol–water partition coefficient (Wildman–Crippen LogP) is 1.32. The van der Waals surface area contributed by atoms with Gasteiger partial charge in [0.15, 0.2) is 0 Å². The summed E-state index contributed by atoms with van der Waals surface area (Å²) in [5, 5.41) is 14.7. The third-order valence-corrected chi connectivity index (χ3v) is 4.65. The average molecular weight is 437 g/mol. The Balaban J connectivity index is 0.000000396. The number of aromatic nitrogens is 2. The van der Waals surface area contributed by atoms with Crippen LogP contribution in [0.1, 0.15) is 30.2 Å². The van der Waals surface area contributed by atoms with Crippen LogP contribution >= 0.6 is 0 Å². The van der Waals surface area contributed by atoms with Crippen molar-refractivity contribution in [2.75, 3.05) is 40.1 Å². The molecule has 3 heterocycles. The molecule has 2 aliphatic rings. The van der Waals surface area contributed by atoms with Gasteiger partial charge in [0.1, 0.15) is 12.7 Å². The highest BCUT2D eigenvalue weighted by molar-refractivity contribution is 5.77. The summed E-state index contributed by atoms with van der Waals surface area (Å²) in [5.41, 5.74) is 2.19. The summed E-state index contributed by atoms with van der Waals surface area (Å²) >= 11 is 0. The molecule has 1 saturated heterocycles. The number of amides is 1. The Bertz CT molecular complexity index is 704. The van der Waals surface area contributed by atoms with Gasteiger partial charge in [0.25, 0.3) is 0 Å². The van der Waals surface area contributed by atoms with Crippen LogP contribution in [0, 0.1) is 5.92 Å². The average Bonchev–Trinajstić information content (AvgIpc) is 3.10. The fourth-order valence-electron chi connectivity index (χ4n) is 3.16. The third-order valence-electron chi connectivity index (χ3n) is 4.65. The van der Waals surface area contributed by atoms with Crippen LogP contribution in [0.3, 0.4) is 0 Å². The summed E-state index contributed by atoms with van der Waals surface area (Å²) in [6.45, 7) is 3.80. The number of alkyl halides is 3. The molecule has 1 atom stereocenters. The minimum atomic E-state index is -5.08. The Labute approximate surface area is 171 Å². The van der Waals surface area contributed by atoms with Crippen molar-refractivity contribution in [3.8, 4) is 0 Å². The molecule has 170 valence electrons. The molecule has 2 aliphatic heterocycles. The van der Waals surface area contributed by atoms with Crippen molar-refractivity contribution in [2.45, 2.75) is 38.1 Å². The number of hydrogen-bond acceptors (Lipinski definition) is 6. The number of methoxy groups -OCH3 is 1. The van der Waals surface area contributed by atoms with E-state index in [4.69, 9.17) is 29.2 Å². The highest BCUT2D eigenvalue weighted by Crippen LogP contribution is 2.26. The zero-order valence-corrected chi connectivity index (χ0v) is 16.6. The van der Waals surface area contributed by atoms with Crippen LogP contribution in [0.15, 0.2) is 6.20 Å². The molecule has 0 aromatic carbocycles. The normalized spacial score (nSPS) is 19.4. The zero-order chi connectivity index (χ0) is 22.1. The number of carbonyl (C=O) groups excluding carboxylic acids is 1. The molecule has 1 aromatic heterocycles. The van der Waals surface area contributed by atoms with Gasteiger partial charge in [-0.15, -0.1) is 0 Å². The lowest BCUT2D eigenvalue weighted by Gasteiger charge is -2.22. The topological polar surface area (TPSA) is 112 Å². The molecule has 3 rings (SSSR count). The molecule has 1 amide bonds. The molecule has 2 N–H and O–H groups in total. The van der Waals surface area contributed by atoms with Gasteiger partial charge in [-0.05, 0) is 30.7 Å². The molecule has 0 radical (unpaired) electrons. The van der Waals surface area contributed by atoms with Gasteiger partial charge in [-0.3, -0.25) is 9.48 Å². The first-order valence-electron chi connectivity index (χ1n) is 9.52. The number of fused-ring (bicyclic) bond motifs is 1. The lowest BCUT2D eigenvalue weighted by atomic mass is 10.0. The molecule has 0 bridgehead atoms. The molecule has 1 aromatic rings. The van der Waals surface area contributed by atoms with Crippen LogP contribution in [-0.2, 0) is 36.8 Å². The van der Waals surface area contributed by atoms with Crippen molar-refractivity contribution < 1.29 is 42.1 Å². The summed E-state index contributed by atoms with van der Waals surface area (Å²) in [6.07, 6.45) is -0.0478. The minimum absolute atomic E-state index is 0.0672. The second-order valence-electron chi connectivity index (χ2n) is 6.97. The van der Waals surface area contributed by atoms with E-state index in [1.165, 1.54) is 12.7 Å². The maximum atomic E-state index is 11.5. The summed E-state index contributed by atoms with van der Waals surface area (Å²) in [6, 6.07) is 0. The molecule has 30 heavy (non-hydrogen) atoms. The number of nitrogens with one attached hydrogen (secondary N) is 1. The van der Waals surface area contributed by atoms with Gasteiger partial charge < -0.3 is 24.6 Å². The Morgan fingerprint density at radius 2 is 2.00 bits per heavy atom. The van der Waals surface area contributed by atoms with Gasteiger partial charge in [-0.2, -0.15) is 18.3 Å². The van der Waals surface area contributed by atoms with Gasteiger partial charge in [0, 0.05) is 39.6 Å². The van der Waals surface area contributed by atoms with E-state index in [1.54, 1.807) is 0 Å². The summed E-state index contributed by atoms with van der Waals surface area (Å²) < 4.78 is 49.8. The summed E-state index contributed by atoms with van der Waals surface area (Å²) in [4.78, 5) is 20.4. The van der Waals surface area contributed by atoms with E-state index in [0.717, 1.165) is 44.7 Å². The maximum Gasteiger partial charge on any atom is 0.490 e. The van der Waals surface area contributed by atoms with Crippen molar-refractivity contribution >= 4 is 11.9 Å². The van der Waals surface area contributed by atoms with Crippen molar-refractivity contribution in [2.24, 2.45) is 5.92 Å². The standard InChI is InChI=1S/C16H25N3O4.C2HF3O2/c1-21-11-15(20)17-8-14-16-13(4-7-23-14)10-19(18-16)9-12-2-5-22-6-3-12;3-2(4,5)1(6)7/h10,12,14H,2-9,11H2,1H3,(H,17,20);(H,6,7). The lowest BCUT2D eigenvalue weighted by Crippen LogP contribution is -2.33. The van der Waals surface area contributed by atoms with E-state index in [2.05, 4.69) is 11.5 Å². The number of carboxylic acids is 1. The van der Waals surface area contributed by atoms with Crippen LogP contribution in [0.2, 0.25) is 0 Å². The number of rotatable bonds is 6. The quantitative estimate of drug-likeness (QED) is 0.690. The van der Waals surface area contributed by atoms with Gasteiger partial charge >= 0.3 is 12.1 Å². The van der Waals surface area contributed by atoms with E-state index in [9.17, 15) is 18.0 Å². The van der Waals surface area contributed by atoms with Crippen molar-refractivity contribution in [1.29, 1.82) is 0 Å². The first-order valence-corrected chi connectivity index (χ1v) is 9.52. The van der Waals surface area contributed by atoms with Crippen molar-refractivity contribution in [3.05, 3.63) is 17.5 Å². The van der Waals surface area contributed by atoms with Gasteiger partial charge in [-0.1, -0.05) is 0 Å². The minimum Gasteiger partial charge on any atom is -0.475 e. The van der Waals surface area contributed by atoms with Crippen molar-refractivity contribution in [1.82, 2.24) is 15.1 Å². The first kappa shape index (κ1) is 24.1. The smallest absolute Gasteiger partial charge is 0.475 e. The monoisotopic (exact) mass is 437 g/mol. The van der Waals surface area contributed by atoms with Crippen LogP contribution in [0.25, 0.3) is 0 Å². The number of hydrogen-bond donors (Lipinski definition) is 2. The lowest BCUT2D eigenvalue weighted by molar-refractivity contribution is -0.192. The number of carboxylic acid groups (broad SMARTS) is 1. The second kappa shape index (κ2) is 11.3. The van der Waals surface area contributed by atoms with Crippen molar-refractivity contribution in [3.63, 3.8) is 0 Å². The Morgan fingerprint density at radius 3 is 2.60 bits per heavy atom. The number of halogens is 3. The molecule has 12 heteroatoms. The van der Waals surface area contributed by atoms with E-state index in [-0.39, 0.29) is 18.6 Å². The van der Waals surface area contributed by atoms with Crippen LogP contribution in [0.5, 0.6) is 0 Å². The Morgan fingerprint density at radius 1 is 1.33 bits per heavy atom. The maximum absolute atomic E-state index is 11.5. The number of aliphatic carboxylic acids is 1. The SMILES string of the molecule is COCC(=O)NCC1OCCc2cn(CC3CCOCC3)nc21.O=C(O)C(F)(F)F. The van der Waals surface area contributed by atoms with Gasteiger partial charge in [0.2, 0.25) is 5.91 Å². The Hall–Kier alpha value is -2.18. The van der Waals surface area contributed by atoms with E-state index < -0.39 is 12.1 Å². The predicted molar refractivity (Wildman–Crippen MR) is 96.7 cm³/mol. The fraction of sp³-hybridized carbons (Fsp3) is 0.722. The molecule has 1 fully saturated rings. The summed E-state index contributed by atoms with van der Waals surface area (Å²) in [5.74, 6) is -2.26. The van der Waals surface area contributed by atoms with E-state index in [0.29, 0.717) is 19.1 Å². The fourth-order valence-corrected chi connectivity index (χ4v) is 3.16. The molecule has 1 unspecified atom stereocenters. The Kier molecular flexibility index (Phi) is 9.06. The van der Waals surface area contributed by atoms with E-state index >= 15 is 0 Å². The van der Waals surface area contributed by atoms with E-state index in [1.807, 2.05) is 4.68 Å². The second-order valence-corrected chi connectivity index (χ2v) is 6.97. The van der Waals surface area contributed by atoms with Gasteiger partial charge in [-0.25, -0.2) is 4.79 Å². The molecule has 0 aliphatic carbocycles. The van der Waals surface area contributed by atoms with Crippen LogP contribution < -0.4 is 5.32 Å². The molecular formula is C18H26F3N3O6. The highest BCUT2D eigenvalue weighted by Gasteiger charge is 2.38. The molecule has 0 spiro atoms. The number of carbonyl (C=O) groups is 2. The third kappa shape index (κ3) is 7.58. The molecule has 9 nitrogen and oxygen atoms in total. The molecular weight excluding hydrogens is 411 g/mol. The zero-order valence-electron chi connectivity index (χ0n) is 16.6. The van der Waals surface area contributed by atoms with Gasteiger partial charge in [0.05, 0.1) is 12.3 Å². The number of nitrogens with zero attached hydrogens (tertiary/aromatic N) is 2. The first-order chi connectivity index (χ1) is 14.2. The largest absolute Gasteiger partial charge is 0.490 e. The number of ether oxygens (including phenoxy) is 3. The highest BCUT2D eigenvalue weighted by atomic mass is 19.4. The molecule has 0 saturated carbocycles.